The van der Waals surface area contributed by atoms with Crippen LogP contribution >= 0.6 is 12.4 Å². The molecule has 0 spiro atoms. The fourth-order valence-corrected chi connectivity index (χ4v) is 4.05. The smallest absolute Gasteiger partial charge is 0.230 e. The summed E-state index contributed by atoms with van der Waals surface area (Å²) in [6.45, 7) is 5.24. The lowest BCUT2D eigenvalue weighted by Crippen LogP contribution is -2.48. The second-order valence-electron chi connectivity index (χ2n) is 7.40. The van der Waals surface area contributed by atoms with Crippen molar-refractivity contribution in [2.24, 2.45) is 5.41 Å². The van der Waals surface area contributed by atoms with E-state index in [1.807, 2.05) is 6.07 Å². The van der Waals surface area contributed by atoms with Gasteiger partial charge in [0, 0.05) is 6.54 Å². The fourth-order valence-electron chi connectivity index (χ4n) is 4.05. The Morgan fingerprint density at radius 1 is 1.09 bits per heavy atom. The number of hydrogen-bond donors (Lipinski definition) is 2. The summed E-state index contributed by atoms with van der Waals surface area (Å²) >= 11 is 0. The molecular formula is C19H29ClN2O. The highest BCUT2D eigenvalue weighted by Crippen LogP contribution is 2.41. The molecular weight excluding hydrogens is 308 g/mol. The number of amides is 1. The molecule has 1 aromatic rings. The van der Waals surface area contributed by atoms with E-state index >= 15 is 0 Å². The van der Waals surface area contributed by atoms with Gasteiger partial charge in [0.25, 0.3) is 0 Å². The monoisotopic (exact) mass is 336 g/mol. The Labute approximate surface area is 146 Å². The van der Waals surface area contributed by atoms with E-state index in [4.69, 9.17) is 0 Å². The molecule has 23 heavy (non-hydrogen) atoms. The molecule has 0 unspecified atom stereocenters. The van der Waals surface area contributed by atoms with Crippen molar-refractivity contribution >= 4 is 18.3 Å². The van der Waals surface area contributed by atoms with Gasteiger partial charge in [0.05, 0.1) is 5.41 Å². The van der Waals surface area contributed by atoms with E-state index in [0.717, 1.165) is 58.2 Å². The number of piperidine rings is 1. The van der Waals surface area contributed by atoms with E-state index in [-0.39, 0.29) is 29.1 Å². The molecule has 1 aliphatic carbocycles. The van der Waals surface area contributed by atoms with Gasteiger partial charge in [-0.15, -0.1) is 12.4 Å². The highest BCUT2D eigenvalue weighted by Gasteiger charge is 2.43. The molecule has 2 aliphatic rings. The van der Waals surface area contributed by atoms with Crippen LogP contribution in [0.4, 0.5) is 0 Å². The molecule has 0 bridgehead atoms. The number of nitrogens with one attached hydrogen (secondary N) is 2. The second-order valence-corrected chi connectivity index (χ2v) is 7.40. The lowest BCUT2D eigenvalue weighted by Gasteiger charge is -2.36. The van der Waals surface area contributed by atoms with Gasteiger partial charge >= 0.3 is 0 Å². The number of hydrogen-bond acceptors (Lipinski definition) is 2. The van der Waals surface area contributed by atoms with E-state index < -0.39 is 0 Å². The van der Waals surface area contributed by atoms with Crippen LogP contribution < -0.4 is 10.6 Å². The van der Waals surface area contributed by atoms with Gasteiger partial charge in [-0.05, 0) is 49.8 Å². The fraction of sp³-hybridized carbons (Fsp3) is 0.632. The molecule has 2 N–H and O–H groups in total. The maximum absolute atomic E-state index is 13.0. The highest BCUT2D eigenvalue weighted by atomic mass is 35.5. The van der Waals surface area contributed by atoms with Crippen molar-refractivity contribution in [3.8, 4) is 0 Å². The van der Waals surface area contributed by atoms with Crippen LogP contribution in [0.1, 0.15) is 51.0 Å². The lowest BCUT2D eigenvalue weighted by atomic mass is 9.77. The summed E-state index contributed by atoms with van der Waals surface area (Å²) in [6.07, 6.45) is 6.58. The van der Waals surface area contributed by atoms with Gasteiger partial charge in [0.15, 0.2) is 0 Å². The van der Waals surface area contributed by atoms with Crippen molar-refractivity contribution in [3.05, 3.63) is 35.9 Å². The van der Waals surface area contributed by atoms with Gasteiger partial charge in [-0.2, -0.15) is 0 Å². The number of carbonyl (C=O) groups is 1. The molecule has 1 saturated carbocycles. The van der Waals surface area contributed by atoms with Gasteiger partial charge < -0.3 is 10.6 Å². The Bertz CT molecular complexity index is 505. The summed E-state index contributed by atoms with van der Waals surface area (Å²) in [5, 5.41) is 6.71. The molecule has 4 heteroatoms. The van der Waals surface area contributed by atoms with E-state index in [1.54, 1.807) is 0 Å². The van der Waals surface area contributed by atoms with Gasteiger partial charge in [-0.25, -0.2) is 0 Å². The standard InChI is InChI=1S/C19H28N2O.ClH/c1-18(11-13-20-14-12-18)15-21-17(22)19(9-5-6-10-19)16-7-3-2-4-8-16;/h2-4,7-8,20H,5-6,9-15H2,1H3,(H,21,22);1H. The van der Waals surface area contributed by atoms with E-state index in [1.165, 1.54) is 5.56 Å². The third-order valence-corrected chi connectivity index (χ3v) is 5.70. The molecule has 1 amide bonds. The van der Waals surface area contributed by atoms with Crippen molar-refractivity contribution < 1.29 is 4.79 Å². The van der Waals surface area contributed by atoms with Crippen LogP contribution in [-0.2, 0) is 10.2 Å². The Morgan fingerprint density at radius 2 is 1.70 bits per heavy atom. The van der Waals surface area contributed by atoms with Gasteiger partial charge in [0.2, 0.25) is 5.91 Å². The molecule has 3 nitrogen and oxygen atoms in total. The van der Waals surface area contributed by atoms with Crippen molar-refractivity contribution in [1.82, 2.24) is 10.6 Å². The lowest BCUT2D eigenvalue weighted by molar-refractivity contribution is -0.127. The minimum Gasteiger partial charge on any atom is -0.355 e. The Balaban J connectivity index is 0.00000192. The van der Waals surface area contributed by atoms with E-state index in [0.29, 0.717) is 0 Å². The van der Waals surface area contributed by atoms with E-state index in [2.05, 4.69) is 41.8 Å². The first-order valence-corrected chi connectivity index (χ1v) is 8.69. The highest BCUT2D eigenvalue weighted by molar-refractivity contribution is 5.88. The predicted molar refractivity (Wildman–Crippen MR) is 97.1 cm³/mol. The van der Waals surface area contributed by atoms with Crippen molar-refractivity contribution in [2.45, 2.75) is 50.9 Å². The topological polar surface area (TPSA) is 41.1 Å². The average Bonchev–Trinajstić information content (AvgIpc) is 3.05. The Morgan fingerprint density at radius 3 is 2.30 bits per heavy atom. The Hall–Kier alpha value is -1.06. The molecule has 1 heterocycles. The number of rotatable bonds is 4. The minimum atomic E-state index is -0.287. The van der Waals surface area contributed by atoms with Crippen LogP contribution in [0.3, 0.4) is 0 Å². The summed E-state index contributed by atoms with van der Waals surface area (Å²) in [7, 11) is 0. The van der Waals surface area contributed by atoms with Gasteiger partial charge in [-0.3, -0.25) is 4.79 Å². The molecule has 2 fully saturated rings. The predicted octanol–water partition coefficient (Wildman–Crippen LogP) is 3.43. The molecule has 0 atom stereocenters. The zero-order chi connectivity index (χ0) is 15.5. The van der Waals surface area contributed by atoms with Crippen LogP contribution in [0.25, 0.3) is 0 Å². The number of benzene rings is 1. The molecule has 128 valence electrons. The van der Waals surface area contributed by atoms with Crippen LogP contribution in [0, 0.1) is 5.41 Å². The van der Waals surface area contributed by atoms with Crippen LogP contribution in [0.2, 0.25) is 0 Å². The average molecular weight is 337 g/mol. The van der Waals surface area contributed by atoms with Gasteiger partial charge in [-0.1, -0.05) is 50.1 Å². The maximum atomic E-state index is 13.0. The summed E-state index contributed by atoms with van der Waals surface area (Å²) in [5.74, 6) is 0.246. The summed E-state index contributed by atoms with van der Waals surface area (Å²) in [5.41, 5.74) is 1.16. The van der Waals surface area contributed by atoms with Crippen LogP contribution in [0.15, 0.2) is 30.3 Å². The largest absolute Gasteiger partial charge is 0.355 e. The molecule has 3 rings (SSSR count). The molecule has 0 radical (unpaired) electrons. The molecule has 0 aromatic heterocycles. The Kier molecular flexibility index (Phi) is 6.10. The van der Waals surface area contributed by atoms with Crippen molar-refractivity contribution in [1.29, 1.82) is 0 Å². The van der Waals surface area contributed by atoms with Crippen LogP contribution in [0.5, 0.6) is 0 Å². The first-order valence-electron chi connectivity index (χ1n) is 8.69. The number of halogens is 1. The zero-order valence-electron chi connectivity index (χ0n) is 14.1. The molecule has 1 aromatic carbocycles. The number of carbonyl (C=O) groups excluding carboxylic acids is 1. The third-order valence-electron chi connectivity index (χ3n) is 5.70. The van der Waals surface area contributed by atoms with E-state index in [9.17, 15) is 4.79 Å². The van der Waals surface area contributed by atoms with Crippen molar-refractivity contribution in [2.75, 3.05) is 19.6 Å². The summed E-state index contributed by atoms with van der Waals surface area (Å²) in [6, 6.07) is 10.4. The minimum absolute atomic E-state index is 0. The molecule has 1 aliphatic heterocycles. The SMILES string of the molecule is CC1(CNC(=O)C2(c3ccccc3)CCCC2)CCNCC1.Cl. The maximum Gasteiger partial charge on any atom is 0.230 e. The third kappa shape index (κ3) is 3.89. The zero-order valence-corrected chi connectivity index (χ0v) is 14.9. The van der Waals surface area contributed by atoms with Gasteiger partial charge in [0.1, 0.15) is 0 Å². The normalized spacial score (nSPS) is 22.1. The summed E-state index contributed by atoms with van der Waals surface area (Å²) < 4.78 is 0. The quantitative estimate of drug-likeness (QED) is 0.884. The van der Waals surface area contributed by atoms with Crippen LogP contribution in [-0.4, -0.2) is 25.5 Å². The molecule has 1 saturated heterocycles. The second kappa shape index (κ2) is 7.67. The summed E-state index contributed by atoms with van der Waals surface area (Å²) in [4.78, 5) is 13.0. The first kappa shape index (κ1) is 18.3. The van der Waals surface area contributed by atoms with Crippen molar-refractivity contribution in [3.63, 3.8) is 0 Å². The first-order chi connectivity index (χ1) is 10.6.